The molecule has 0 aliphatic heterocycles. The minimum absolute atomic E-state index is 0.539. The highest BCUT2D eigenvalue weighted by molar-refractivity contribution is 7.07. The van der Waals surface area contributed by atoms with Crippen molar-refractivity contribution in [2.24, 2.45) is 5.73 Å². The molecule has 0 saturated carbocycles. The molecule has 2 rings (SSSR count). The predicted octanol–water partition coefficient (Wildman–Crippen LogP) is 0.496. The van der Waals surface area contributed by atoms with Crippen LogP contribution in [0.5, 0.6) is 0 Å². The molecular weight excluding hydrogens is 198 g/mol. The van der Waals surface area contributed by atoms with Crippen LogP contribution in [-0.2, 0) is 6.42 Å². The number of hydrogen-bond acceptors (Lipinski definition) is 6. The largest absolute Gasteiger partial charge is 0.330 e. The first-order valence-corrected chi connectivity index (χ1v) is 5.11. The molecule has 0 unspecified atom stereocenters. The summed E-state index contributed by atoms with van der Waals surface area (Å²) in [5.41, 5.74) is 8.64. The molecule has 14 heavy (non-hydrogen) atoms. The minimum Gasteiger partial charge on any atom is -0.330 e. The molecule has 0 atom stereocenters. The lowest BCUT2D eigenvalue weighted by Crippen LogP contribution is -2.07. The average Bonchev–Trinajstić information content (AvgIpc) is 2.72. The van der Waals surface area contributed by atoms with E-state index in [1.807, 2.05) is 5.38 Å². The van der Waals surface area contributed by atoms with Crippen LogP contribution in [0.25, 0.3) is 11.4 Å². The van der Waals surface area contributed by atoms with Crippen molar-refractivity contribution >= 4 is 11.3 Å². The van der Waals surface area contributed by atoms with Gasteiger partial charge in [-0.2, -0.15) is 0 Å². The van der Waals surface area contributed by atoms with Gasteiger partial charge in [0, 0.05) is 11.8 Å². The molecule has 72 valence electrons. The fraction of sp³-hybridized carbons (Fsp3) is 0.250. The first-order chi connectivity index (χ1) is 6.90. The molecule has 2 heterocycles. The van der Waals surface area contributed by atoms with Gasteiger partial charge in [-0.05, 0) is 6.54 Å². The summed E-state index contributed by atoms with van der Waals surface area (Å²) >= 11 is 1.52. The Kier molecular flexibility index (Phi) is 2.76. The number of nitrogens with two attached hydrogens (primary N) is 1. The molecule has 2 aromatic heterocycles. The molecule has 0 radical (unpaired) electrons. The van der Waals surface area contributed by atoms with Crippen molar-refractivity contribution in [1.82, 2.24) is 20.2 Å². The monoisotopic (exact) mass is 207 g/mol. The zero-order valence-corrected chi connectivity index (χ0v) is 8.24. The highest BCUT2D eigenvalue weighted by Gasteiger charge is 2.03. The Bertz CT molecular complexity index is 383. The summed E-state index contributed by atoms with van der Waals surface area (Å²) in [6.45, 7) is 0.539. The number of hydrogen-bond donors (Lipinski definition) is 1. The van der Waals surface area contributed by atoms with Crippen LogP contribution in [0.3, 0.4) is 0 Å². The van der Waals surface area contributed by atoms with Crippen molar-refractivity contribution < 1.29 is 0 Å². The van der Waals surface area contributed by atoms with E-state index in [0.717, 1.165) is 5.69 Å². The number of nitrogens with zero attached hydrogens (tertiary/aromatic N) is 4. The quantitative estimate of drug-likeness (QED) is 0.792. The maximum absolute atomic E-state index is 5.37. The first kappa shape index (κ1) is 9.17. The number of rotatable bonds is 3. The molecule has 0 aliphatic rings. The van der Waals surface area contributed by atoms with Crippen LogP contribution in [0.2, 0.25) is 0 Å². The highest BCUT2D eigenvalue weighted by atomic mass is 32.1. The van der Waals surface area contributed by atoms with E-state index in [0.29, 0.717) is 24.5 Å². The van der Waals surface area contributed by atoms with Gasteiger partial charge in [0.05, 0.1) is 11.7 Å². The molecule has 0 amide bonds. The van der Waals surface area contributed by atoms with Gasteiger partial charge in [0.15, 0.2) is 5.82 Å². The molecule has 6 heteroatoms. The van der Waals surface area contributed by atoms with E-state index in [2.05, 4.69) is 20.2 Å². The third kappa shape index (κ3) is 1.91. The van der Waals surface area contributed by atoms with Crippen LogP contribution in [-0.4, -0.2) is 26.7 Å². The second kappa shape index (κ2) is 4.21. The summed E-state index contributed by atoms with van der Waals surface area (Å²) < 4.78 is 0. The maximum atomic E-state index is 5.37. The molecule has 0 bridgehead atoms. The summed E-state index contributed by atoms with van der Waals surface area (Å²) in [7, 11) is 0. The SMILES string of the molecule is NCCc1ncc(-c2cscn2)nn1. The van der Waals surface area contributed by atoms with Gasteiger partial charge in [-0.1, -0.05) is 0 Å². The zero-order valence-electron chi connectivity index (χ0n) is 7.42. The van der Waals surface area contributed by atoms with E-state index in [4.69, 9.17) is 5.73 Å². The summed E-state index contributed by atoms with van der Waals surface area (Å²) in [5.74, 6) is 0.673. The molecule has 0 fully saturated rings. The predicted molar refractivity (Wildman–Crippen MR) is 53.7 cm³/mol. The van der Waals surface area contributed by atoms with Crippen molar-refractivity contribution in [2.75, 3.05) is 6.54 Å². The molecule has 0 aromatic carbocycles. The van der Waals surface area contributed by atoms with Crippen molar-refractivity contribution in [1.29, 1.82) is 0 Å². The number of aromatic nitrogens is 4. The van der Waals surface area contributed by atoms with Crippen molar-refractivity contribution in [3.05, 3.63) is 22.9 Å². The van der Waals surface area contributed by atoms with Crippen molar-refractivity contribution in [3.63, 3.8) is 0 Å². The first-order valence-electron chi connectivity index (χ1n) is 4.17. The van der Waals surface area contributed by atoms with E-state index in [1.54, 1.807) is 11.7 Å². The van der Waals surface area contributed by atoms with Gasteiger partial charge in [-0.3, -0.25) is 0 Å². The lowest BCUT2D eigenvalue weighted by Gasteiger charge is -1.96. The third-order valence-corrected chi connectivity index (χ3v) is 2.26. The normalized spacial score (nSPS) is 10.4. The maximum Gasteiger partial charge on any atom is 0.152 e. The van der Waals surface area contributed by atoms with Gasteiger partial charge in [0.1, 0.15) is 11.4 Å². The highest BCUT2D eigenvalue weighted by Crippen LogP contribution is 2.13. The van der Waals surface area contributed by atoms with Crippen LogP contribution in [0.1, 0.15) is 5.82 Å². The Hall–Kier alpha value is -1.40. The molecule has 2 N–H and O–H groups in total. The number of thiazole rings is 1. The second-order valence-corrected chi connectivity index (χ2v) is 3.39. The smallest absolute Gasteiger partial charge is 0.152 e. The Morgan fingerprint density at radius 1 is 1.21 bits per heavy atom. The van der Waals surface area contributed by atoms with Crippen molar-refractivity contribution in [2.45, 2.75) is 6.42 Å². The van der Waals surface area contributed by atoms with Crippen LogP contribution in [0.4, 0.5) is 0 Å². The Labute approximate surface area is 85.0 Å². The Balaban J connectivity index is 2.22. The van der Waals surface area contributed by atoms with E-state index in [-0.39, 0.29) is 0 Å². The molecule has 0 saturated heterocycles. The van der Waals surface area contributed by atoms with Crippen LogP contribution in [0, 0.1) is 0 Å². The van der Waals surface area contributed by atoms with Crippen LogP contribution >= 0.6 is 11.3 Å². The van der Waals surface area contributed by atoms with Gasteiger partial charge in [0.25, 0.3) is 0 Å². The summed E-state index contributed by atoms with van der Waals surface area (Å²) in [5, 5.41) is 9.87. The zero-order chi connectivity index (χ0) is 9.80. The van der Waals surface area contributed by atoms with E-state index < -0.39 is 0 Å². The topological polar surface area (TPSA) is 77.6 Å². The van der Waals surface area contributed by atoms with Crippen molar-refractivity contribution in [3.8, 4) is 11.4 Å². The fourth-order valence-electron chi connectivity index (χ4n) is 0.999. The van der Waals surface area contributed by atoms with E-state index in [1.165, 1.54) is 11.3 Å². The standard InChI is InChI=1S/C8H9N5S/c9-2-1-8-10-3-6(12-13-8)7-4-14-5-11-7/h3-5H,1-2,9H2. The molecule has 5 nitrogen and oxygen atoms in total. The Morgan fingerprint density at radius 2 is 2.14 bits per heavy atom. The van der Waals surface area contributed by atoms with Gasteiger partial charge in [0.2, 0.25) is 0 Å². The minimum atomic E-state index is 0.539. The molecule has 2 aromatic rings. The van der Waals surface area contributed by atoms with Crippen LogP contribution < -0.4 is 5.73 Å². The van der Waals surface area contributed by atoms with Gasteiger partial charge < -0.3 is 5.73 Å². The van der Waals surface area contributed by atoms with Gasteiger partial charge >= 0.3 is 0 Å². The van der Waals surface area contributed by atoms with Gasteiger partial charge in [-0.25, -0.2) is 9.97 Å². The second-order valence-electron chi connectivity index (χ2n) is 2.67. The molecule has 0 spiro atoms. The summed E-state index contributed by atoms with van der Waals surface area (Å²) in [6, 6.07) is 0. The summed E-state index contributed by atoms with van der Waals surface area (Å²) in [6.07, 6.45) is 2.33. The lowest BCUT2D eigenvalue weighted by atomic mass is 10.3. The fourth-order valence-corrected chi connectivity index (χ4v) is 1.54. The average molecular weight is 207 g/mol. The molecular formula is C8H9N5S. The lowest BCUT2D eigenvalue weighted by molar-refractivity contribution is 0.812. The van der Waals surface area contributed by atoms with E-state index >= 15 is 0 Å². The summed E-state index contributed by atoms with van der Waals surface area (Å²) in [4.78, 5) is 8.25. The Morgan fingerprint density at radius 3 is 2.71 bits per heavy atom. The van der Waals surface area contributed by atoms with Crippen LogP contribution in [0.15, 0.2) is 17.1 Å². The van der Waals surface area contributed by atoms with Gasteiger partial charge in [-0.15, -0.1) is 21.5 Å². The third-order valence-electron chi connectivity index (χ3n) is 1.67. The van der Waals surface area contributed by atoms with E-state index in [9.17, 15) is 0 Å². The molecule has 0 aliphatic carbocycles.